The number of aromatic nitrogens is 4. The van der Waals surface area contributed by atoms with Crippen molar-refractivity contribution in [3.8, 4) is 0 Å². The van der Waals surface area contributed by atoms with E-state index in [1.807, 2.05) is 24.3 Å². The van der Waals surface area contributed by atoms with Crippen LogP contribution in [0.2, 0.25) is 5.02 Å². The Morgan fingerprint density at radius 2 is 1.94 bits per heavy atom. The Labute approximate surface area is 190 Å². The third-order valence-electron chi connectivity index (χ3n) is 5.86. The van der Waals surface area contributed by atoms with E-state index < -0.39 is 0 Å². The Hall–Kier alpha value is -2.48. The molecule has 5 rings (SSSR count). The second kappa shape index (κ2) is 9.34. The maximum atomic E-state index is 6.21. The zero-order chi connectivity index (χ0) is 21.0. The molecule has 1 saturated carbocycles. The van der Waals surface area contributed by atoms with E-state index in [2.05, 4.69) is 54.8 Å². The molecule has 4 aromatic rings. The van der Waals surface area contributed by atoms with E-state index in [1.165, 1.54) is 17.7 Å². The number of nitrogens with zero attached hydrogens (tertiary/aromatic N) is 5. The van der Waals surface area contributed by atoms with Crippen LogP contribution in [0.25, 0.3) is 0 Å². The fourth-order valence-corrected chi connectivity index (χ4v) is 5.26. The summed E-state index contributed by atoms with van der Waals surface area (Å²) >= 11 is 7.97. The predicted octanol–water partition coefficient (Wildman–Crippen LogP) is 5.89. The van der Waals surface area contributed by atoms with Gasteiger partial charge in [-0.2, -0.15) is 0 Å². The van der Waals surface area contributed by atoms with Crippen LogP contribution in [0.15, 0.2) is 64.6 Å². The molecule has 0 aliphatic heterocycles. The molecule has 1 unspecified atom stereocenters. The number of hydrogen-bond acceptors (Lipinski definition) is 6. The van der Waals surface area contributed by atoms with Crippen LogP contribution in [0.3, 0.4) is 0 Å². The van der Waals surface area contributed by atoms with Gasteiger partial charge in [-0.3, -0.25) is 4.90 Å². The molecule has 1 aromatic carbocycles. The van der Waals surface area contributed by atoms with E-state index in [0.29, 0.717) is 17.6 Å². The van der Waals surface area contributed by atoms with Gasteiger partial charge in [0.2, 0.25) is 0 Å². The first-order chi connectivity index (χ1) is 15.3. The number of rotatable bonds is 8. The van der Waals surface area contributed by atoms with Crippen molar-refractivity contribution in [1.29, 1.82) is 0 Å². The molecule has 6 nitrogen and oxygen atoms in total. The van der Waals surface area contributed by atoms with Gasteiger partial charge in [0.1, 0.15) is 5.76 Å². The Balaban J connectivity index is 1.58. The van der Waals surface area contributed by atoms with Gasteiger partial charge in [0.05, 0.1) is 24.9 Å². The average molecular weight is 454 g/mol. The normalized spacial score (nSPS) is 15.7. The summed E-state index contributed by atoms with van der Waals surface area (Å²) in [6.45, 7) is 1.42. The van der Waals surface area contributed by atoms with Crippen molar-refractivity contribution >= 4 is 22.9 Å². The summed E-state index contributed by atoms with van der Waals surface area (Å²) in [5, 5.41) is 15.9. The number of benzene rings is 1. The molecule has 0 saturated heterocycles. The van der Waals surface area contributed by atoms with Gasteiger partial charge in [-0.1, -0.05) is 42.6 Å². The fourth-order valence-electron chi connectivity index (χ4n) is 4.40. The molecule has 1 fully saturated rings. The minimum absolute atomic E-state index is 0.125. The molecular formula is C23H24ClN5OS. The maximum Gasteiger partial charge on any atom is 0.173 e. The molecule has 0 radical (unpaired) electrons. The highest BCUT2D eigenvalue weighted by atomic mass is 35.5. The molecule has 160 valence electrons. The highest BCUT2D eigenvalue weighted by Crippen LogP contribution is 2.36. The molecule has 1 aliphatic rings. The van der Waals surface area contributed by atoms with E-state index in [0.717, 1.165) is 36.5 Å². The largest absolute Gasteiger partial charge is 0.468 e. The lowest BCUT2D eigenvalue weighted by Crippen LogP contribution is -2.31. The minimum Gasteiger partial charge on any atom is -0.468 e. The molecule has 0 bridgehead atoms. The molecule has 3 aromatic heterocycles. The first kappa shape index (κ1) is 20.4. The van der Waals surface area contributed by atoms with Crippen molar-refractivity contribution in [3.63, 3.8) is 0 Å². The molecule has 3 heterocycles. The number of halogens is 1. The molecule has 1 atom stereocenters. The maximum absolute atomic E-state index is 6.21. The van der Waals surface area contributed by atoms with Gasteiger partial charge in [0.25, 0.3) is 0 Å². The van der Waals surface area contributed by atoms with Crippen LogP contribution in [0.5, 0.6) is 0 Å². The number of hydrogen-bond donors (Lipinski definition) is 0. The van der Waals surface area contributed by atoms with E-state index in [1.54, 1.807) is 17.6 Å². The first-order valence-electron chi connectivity index (χ1n) is 10.6. The fraction of sp³-hybridized carbons (Fsp3) is 0.348. The third-order valence-corrected chi connectivity index (χ3v) is 6.98. The van der Waals surface area contributed by atoms with Gasteiger partial charge in [0.15, 0.2) is 5.82 Å². The van der Waals surface area contributed by atoms with Crippen molar-refractivity contribution < 1.29 is 4.42 Å². The summed E-state index contributed by atoms with van der Waals surface area (Å²) in [7, 11) is 0. The van der Waals surface area contributed by atoms with Crippen molar-refractivity contribution in [2.24, 2.45) is 0 Å². The SMILES string of the molecule is Clc1ccc(C(c2nnnn2C2CCCC2)N(Cc2ccco2)Cc2cccs2)cc1. The van der Waals surface area contributed by atoms with Crippen molar-refractivity contribution in [1.82, 2.24) is 25.1 Å². The topological polar surface area (TPSA) is 60.0 Å². The molecular weight excluding hydrogens is 430 g/mol. The van der Waals surface area contributed by atoms with Crippen LogP contribution in [0.4, 0.5) is 0 Å². The monoisotopic (exact) mass is 453 g/mol. The van der Waals surface area contributed by atoms with Gasteiger partial charge >= 0.3 is 0 Å². The number of furan rings is 1. The molecule has 0 N–H and O–H groups in total. The van der Waals surface area contributed by atoms with Crippen molar-refractivity contribution in [2.75, 3.05) is 0 Å². The zero-order valence-electron chi connectivity index (χ0n) is 17.1. The van der Waals surface area contributed by atoms with Crippen LogP contribution in [0.1, 0.15) is 59.8 Å². The lowest BCUT2D eigenvalue weighted by molar-refractivity contribution is 0.179. The van der Waals surface area contributed by atoms with Crippen LogP contribution >= 0.6 is 22.9 Å². The second-order valence-electron chi connectivity index (χ2n) is 7.94. The van der Waals surface area contributed by atoms with Crippen molar-refractivity contribution in [2.45, 2.75) is 50.9 Å². The summed E-state index contributed by atoms with van der Waals surface area (Å²) in [6, 6.07) is 16.4. The first-order valence-corrected chi connectivity index (χ1v) is 11.9. The Morgan fingerprint density at radius 3 is 2.65 bits per heavy atom. The van der Waals surface area contributed by atoms with Crippen molar-refractivity contribution in [3.05, 3.63) is 87.2 Å². The molecule has 31 heavy (non-hydrogen) atoms. The Bertz CT molecular complexity index is 1040. The van der Waals surface area contributed by atoms with Gasteiger partial charge < -0.3 is 4.42 Å². The van der Waals surface area contributed by atoms with E-state index in [4.69, 9.17) is 16.0 Å². The highest BCUT2D eigenvalue weighted by Gasteiger charge is 2.32. The van der Waals surface area contributed by atoms with E-state index >= 15 is 0 Å². The zero-order valence-corrected chi connectivity index (χ0v) is 18.7. The summed E-state index contributed by atoms with van der Waals surface area (Å²) in [5.74, 6) is 1.78. The quantitative estimate of drug-likeness (QED) is 0.333. The van der Waals surface area contributed by atoms with Crippen LogP contribution in [-0.2, 0) is 13.1 Å². The van der Waals surface area contributed by atoms with Crippen LogP contribution in [0, 0.1) is 0 Å². The van der Waals surface area contributed by atoms with E-state index in [9.17, 15) is 0 Å². The lowest BCUT2D eigenvalue weighted by atomic mass is 10.0. The standard InChI is InChI=1S/C23H24ClN5OS/c24-18-11-9-17(10-12-18)22(23-25-26-27-29(23)19-5-1-2-6-19)28(15-20-7-3-13-30-20)16-21-8-4-14-31-21/h3-4,7-14,19,22H,1-2,5-6,15-16H2. The number of thiophene rings is 1. The van der Waals surface area contributed by atoms with Gasteiger partial charge in [-0.05, 0) is 64.5 Å². The molecule has 8 heteroatoms. The predicted molar refractivity (Wildman–Crippen MR) is 121 cm³/mol. The minimum atomic E-state index is -0.125. The van der Waals surface area contributed by atoms with Crippen LogP contribution < -0.4 is 0 Å². The summed E-state index contributed by atoms with van der Waals surface area (Å²) < 4.78 is 7.77. The lowest BCUT2D eigenvalue weighted by Gasteiger charge is -2.31. The molecule has 1 aliphatic carbocycles. The Morgan fingerprint density at radius 1 is 1.10 bits per heavy atom. The highest BCUT2D eigenvalue weighted by molar-refractivity contribution is 7.09. The van der Waals surface area contributed by atoms with Crippen LogP contribution in [-0.4, -0.2) is 25.1 Å². The Kier molecular flexibility index (Phi) is 6.15. The van der Waals surface area contributed by atoms with E-state index in [-0.39, 0.29) is 6.04 Å². The smallest absolute Gasteiger partial charge is 0.173 e. The summed E-state index contributed by atoms with van der Waals surface area (Å²) in [5.41, 5.74) is 1.11. The number of tetrazole rings is 1. The third kappa shape index (κ3) is 4.59. The summed E-state index contributed by atoms with van der Waals surface area (Å²) in [4.78, 5) is 3.66. The summed E-state index contributed by atoms with van der Waals surface area (Å²) in [6.07, 6.45) is 6.41. The molecule has 0 amide bonds. The molecule has 0 spiro atoms. The average Bonchev–Trinajstić information content (AvgIpc) is 3.57. The van der Waals surface area contributed by atoms with Gasteiger partial charge in [0, 0.05) is 16.4 Å². The second-order valence-corrected chi connectivity index (χ2v) is 9.41. The van der Waals surface area contributed by atoms with Gasteiger partial charge in [-0.15, -0.1) is 16.4 Å². The van der Waals surface area contributed by atoms with Gasteiger partial charge in [-0.25, -0.2) is 4.68 Å².